The Morgan fingerprint density at radius 1 is 1.60 bits per heavy atom. The molecule has 1 rings (SSSR count). The minimum Gasteiger partial charge on any atom is -0.271 e. The van der Waals surface area contributed by atoms with Crippen molar-refractivity contribution >= 4 is 11.6 Å². The van der Waals surface area contributed by atoms with Crippen molar-refractivity contribution in [3.05, 3.63) is 26.3 Å². The number of nitrogens with one attached hydrogen (secondary N) is 1. The number of rotatable bonds is 0. The molecular formula is C4H4ClN3O2. The topological polar surface area (TPSA) is 67.8 Å². The molecule has 0 aliphatic rings. The summed E-state index contributed by atoms with van der Waals surface area (Å²) in [7, 11) is 1.41. The van der Waals surface area contributed by atoms with E-state index in [-0.39, 0.29) is 5.28 Å². The second-order valence-corrected chi connectivity index (χ2v) is 2.01. The van der Waals surface area contributed by atoms with Crippen molar-refractivity contribution in [1.29, 1.82) is 0 Å². The van der Waals surface area contributed by atoms with Crippen LogP contribution >= 0.6 is 11.6 Å². The summed E-state index contributed by atoms with van der Waals surface area (Å²) in [6.07, 6.45) is 0. The minimum absolute atomic E-state index is 0.117. The first-order valence-corrected chi connectivity index (χ1v) is 2.82. The SMILES string of the molecule is Cn1c(Cl)nc(=O)[nH]c1=O. The molecule has 0 bridgehead atoms. The monoisotopic (exact) mass is 161 g/mol. The summed E-state index contributed by atoms with van der Waals surface area (Å²) in [4.78, 5) is 26.2. The number of aromatic nitrogens is 3. The van der Waals surface area contributed by atoms with Crippen LogP contribution < -0.4 is 11.4 Å². The highest BCUT2D eigenvalue weighted by atomic mass is 35.5. The molecule has 10 heavy (non-hydrogen) atoms. The Kier molecular flexibility index (Phi) is 1.58. The third kappa shape index (κ3) is 1.08. The van der Waals surface area contributed by atoms with Crippen LogP contribution in [0, 0.1) is 0 Å². The average molecular weight is 162 g/mol. The molecule has 1 aromatic heterocycles. The Morgan fingerprint density at radius 2 is 2.20 bits per heavy atom. The third-order valence-electron chi connectivity index (χ3n) is 0.989. The van der Waals surface area contributed by atoms with E-state index in [0.29, 0.717) is 0 Å². The lowest BCUT2D eigenvalue weighted by Gasteiger charge is -1.94. The van der Waals surface area contributed by atoms with Gasteiger partial charge in [0.2, 0.25) is 5.28 Å². The number of hydrogen-bond acceptors (Lipinski definition) is 3. The van der Waals surface area contributed by atoms with Crippen molar-refractivity contribution in [2.24, 2.45) is 7.05 Å². The molecule has 6 heteroatoms. The summed E-state index contributed by atoms with van der Waals surface area (Å²) in [6, 6.07) is 0. The van der Waals surface area contributed by atoms with Crippen molar-refractivity contribution in [2.45, 2.75) is 0 Å². The van der Waals surface area contributed by atoms with E-state index in [1.165, 1.54) is 7.05 Å². The molecule has 0 saturated carbocycles. The standard InChI is InChI=1S/C4H4ClN3O2/c1-8-2(5)6-3(9)7-4(8)10/h1H3,(H,7,9,10). The average Bonchev–Trinajstić information content (AvgIpc) is 1.82. The summed E-state index contributed by atoms with van der Waals surface area (Å²) in [5.41, 5.74) is -1.29. The Balaban J connectivity index is 3.62. The normalized spacial score (nSPS) is 9.80. The van der Waals surface area contributed by atoms with Crippen LogP contribution in [0.25, 0.3) is 0 Å². The first-order chi connectivity index (χ1) is 4.61. The van der Waals surface area contributed by atoms with E-state index in [1.54, 1.807) is 0 Å². The highest BCUT2D eigenvalue weighted by Gasteiger charge is 1.97. The summed E-state index contributed by atoms with van der Waals surface area (Å²) >= 11 is 5.35. The molecule has 0 aliphatic carbocycles. The molecule has 54 valence electrons. The summed E-state index contributed by atoms with van der Waals surface area (Å²) in [5, 5.41) is -0.117. The largest absolute Gasteiger partial charge is 0.351 e. The van der Waals surface area contributed by atoms with Crippen LogP contribution in [0.15, 0.2) is 9.59 Å². The van der Waals surface area contributed by atoms with E-state index in [2.05, 4.69) is 4.98 Å². The lowest BCUT2D eigenvalue weighted by atomic mass is 10.9. The smallest absolute Gasteiger partial charge is 0.271 e. The van der Waals surface area contributed by atoms with Crippen LogP contribution in [-0.2, 0) is 7.05 Å². The molecule has 5 nitrogen and oxygen atoms in total. The van der Waals surface area contributed by atoms with Gasteiger partial charge in [0.1, 0.15) is 0 Å². The van der Waals surface area contributed by atoms with Crippen molar-refractivity contribution < 1.29 is 0 Å². The van der Waals surface area contributed by atoms with Gasteiger partial charge in [0.15, 0.2) is 0 Å². The molecule has 0 fully saturated rings. The van der Waals surface area contributed by atoms with Crippen LogP contribution in [0.5, 0.6) is 0 Å². The maximum Gasteiger partial charge on any atom is 0.351 e. The Labute approximate surface area is 60.3 Å². The Hall–Kier alpha value is -1.10. The highest BCUT2D eigenvalue weighted by molar-refractivity contribution is 6.28. The zero-order valence-corrected chi connectivity index (χ0v) is 5.84. The fourth-order valence-corrected chi connectivity index (χ4v) is 0.599. The number of aromatic amines is 1. The quantitative estimate of drug-likeness (QED) is 0.538. The van der Waals surface area contributed by atoms with Crippen LogP contribution in [0.2, 0.25) is 5.28 Å². The molecule has 1 heterocycles. The first kappa shape index (κ1) is 7.01. The van der Waals surface area contributed by atoms with Gasteiger partial charge in [-0.3, -0.25) is 9.55 Å². The Bertz CT molecular complexity index is 352. The molecule has 0 radical (unpaired) electrons. The van der Waals surface area contributed by atoms with Gasteiger partial charge in [-0.15, -0.1) is 0 Å². The predicted molar refractivity (Wildman–Crippen MR) is 35.1 cm³/mol. The Morgan fingerprint density at radius 3 is 2.70 bits per heavy atom. The second-order valence-electron chi connectivity index (χ2n) is 1.68. The molecular weight excluding hydrogens is 158 g/mol. The molecule has 0 unspecified atom stereocenters. The van der Waals surface area contributed by atoms with E-state index in [0.717, 1.165) is 4.57 Å². The van der Waals surface area contributed by atoms with Crippen molar-refractivity contribution in [1.82, 2.24) is 14.5 Å². The lowest BCUT2D eigenvalue weighted by Crippen LogP contribution is -2.30. The number of hydrogen-bond donors (Lipinski definition) is 1. The summed E-state index contributed by atoms with van der Waals surface area (Å²) < 4.78 is 1.03. The van der Waals surface area contributed by atoms with Crippen molar-refractivity contribution in [3.8, 4) is 0 Å². The maximum atomic E-state index is 10.6. The van der Waals surface area contributed by atoms with Gasteiger partial charge in [0.25, 0.3) is 0 Å². The number of halogens is 1. The zero-order chi connectivity index (χ0) is 7.72. The molecule has 0 saturated heterocycles. The molecule has 0 atom stereocenters. The molecule has 1 N–H and O–H groups in total. The predicted octanol–water partition coefficient (Wildman–Crippen LogP) is -0.878. The number of H-pyrrole nitrogens is 1. The number of nitrogens with zero attached hydrogens (tertiary/aromatic N) is 2. The molecule has 0 aromatic carbocycles. The minimum atomic E-state index is -0.729. The van der Waals surface area contributed by atoms with E-state index in [4.69, 9.17) is 11.6 Å². The first-order valence-electron chi connectivity index (χ1n) is 2.44. The molecule has 0 spiro atoms. The fourth-order valence-electron chi connectivity index (χ4n) is 0.446. The van der Waals surface area contributed by atoms with E-state index < -0.39 is 11.4 Å². The van der Waals surface area contributed by atoms with Gasteiger partial charge in [-0.2, -0.15) is 4.98 Å². The van der Waals surface area contributed by atoms with Gasteiger partial charge in [-0.1, -0.05) is 0 Å². The van der Waals surface area contributed by atoms with Gasteiger partial charge in [0, 0.05) is 7.05 Å². The van der Waals surface area contributed by atoms with Gasteiger partial charge in [-0.05, 0) is 11.6 Å². The van der Waals surface area contributed by atoms with Crippen molar-refractivity contribution in [2.75, 3.05) is 0 Å². The molecule has 1 aromatic rings. The summed E-state index contributed by atoms with van der Waals surface area (Å²) in [6.45, 7) is 0. The van der Waals surface area contributed by atoms with Gasteiger partial charge in [-0.25, -0.2) is 9.59 Å². The van der Waals surface area contributed by atoms with Crippen LogP contribution in [-0.4, -0.2) is 14.5 Å². The van der Waals surface area contributed by atoms with E-state index >= 15 is 0 Å². The zero-order valence-electron chi connectivity index (χ0n) is 5.09. The van der Waals surface area contributed by atoms with E-state index in [9.17, 15) is 9.59 Å². The van der Waals surface area contributed by atoms with Gasteiger partial charge in [0.05, 0.1) is 0 Å². The fraction of sp³-hybridized carbons (Fsp3) is 0.250. The second kappa shape index (κ2) is 2.26. The van der Waals surface area contributed by atoms with Crippen molar-refractivity contribution in [3.63, 3.8) is 0 Å². The maximum absolute atomic E-state index is 10.6. The lowest BCUT2D eigenvalue weighted by molar-refractivity contribution is 0.753. The highest BCUT2D eigenvalue weighted by Crippen LogP contribution is 1.91. The van der Waals surface area contributed by atoms with Gasteiger partial charge < -0.3 is 0 Å². The molecule has 0 amide bonds. The van der Waals surface area contributed by atoms with E-state index in [1.807, 2.05) is 4.98 Å². The van der Waals surface area contributed by atoms with Crippen LogP contribution in [0.4, 0.5) is 0 Å². The van der Waals surface area contributed by atoms with Crippen LogP contribution in [0.3, 0.4) is 0 Å². The third-order valence-corrected chi connectivity index (χ3v) is 1.33. The molecule has 0 aliphatic heterocycles. The van der Waals surface area contributed by atoms with Gasteiger partial charge >= 0.3 is 11.4 Å². The summed E-state index contributed by atoms with van der Waals surface area (Å²) in [5.74, 6) is 0. The van der Waals surface area contributed by atoms with Crippen LogP contribution in [0.1, 0.15) is 0 Å².